The molecule has 0 amide bonds. The van der Waals surface area contributed by atoms with Gasteiger partial charge in [0.1, 0.15) is 10.4 Å². The van der Waals surface area contributed by atoms with Crippen LogP contribution in [-0.4, -0.2) is 9.97 Å². The smallest absolute Gasteiger partial charge is 0.130 e. The Morgan fingerprint density at radius 1 is 1.06 bits per heavy atom. The zero-order valence-corrected chi connectivity index (χ0v) is 12.6. The van der Waals surface area contributed by atoms with Gasteiger partial charge in [-0.15, -0.1) is 0 Å². The first-order valence-electron chi connectivity index (χ1n) is 5.48. The highest BCUT2D eigenvalue weighted by atomic mass is 79.9. The van der Waals surface area contributed by atoms with Gasteiger partial charge >= 0.3 is 0 Å². The largest absolute Gasteiger partial charge is 0.233 e. The molecule has 0 radical (unpaired) electrons. The number of benzene rings is 1. The number of hydrogen-bond acceptors (Lipinski definition) is 2. The molecule has 0 N–H and O–H groups in total. The maximum Gasteiger partial charge on any atom is 0.130 e. The molecule has 0 aliphatic rings. The van der Waals surface area contributed by atoms with Gasteiger partial charge in [-0.2, -0.15) is 0 Å². The fourth-order valence-electron chi connectivity index (χ4n) is 1.57. The lowest BCUT2D eigenvalue weighted by Gasteiger charge is -2.05. The molecule has 0 unspecified atom stereocenters. The van der Waals surface area contributed by atoms with E-state index in [9.17, 15) is 0 Å². The third-order valence-electron chi connectivity index (χ3n) is 2.35. The first kappa shape index (κ1) is 12.7. The monoisotopic (exact) mass is 354 g/mol. The van der Waals surface area contributed by atoms with Crippen LogP contribution >= 0.6 is 31.9 Å². The molecule has 0 aliphatic carbocycles. The van der Waals surface area contributed by atoms with Gasteiger partial charge in [0.05, 0.1) is 5.69 Å². The third kappa shape index (κ3) is 3.36. The van der Waals surface area contributed by atoms with E-state index >= 15 is 0 Å². The molecule has 0 aliphatic heterocycles. The van der Waals surface area contributed by atoms with Gasteiger partial charge in [-0.1, -0.05) is 35.0 Å². The molecule has 0 atom stereocenters. The first-order chi connectivity index (χ1) is 8.19. The molecule has 0 saturated carbocycles. The lowest BCUT2D eigenvalue weighted by Crippen LogP contribution is -1.97. The number of nitrogens with zero attached hydrogens (tertiary/aromatic N) is 2. The zero-order valence-electron chi connectivity index (χ0n) is 9.45. The topological polar surface area (TPSA) is 25.8 Å². The summed E-state index contributed by atoms with van der Waals surface area (Å²) in [5.74, 6) is 0.889. The average molecular weight is 356 g/mol. The number of aryl methyl sites for hydroxylation is 1. The van der Waals surface area contributed by atoms with Crippen molar-refractivity contribution < 1.29 is 0 Å². The minimum Gasteiger partial charge on any atom is -0.233 e. The normalized spacial score (nSPS) is 10.5. The molecule has 1 aromatic carbocycles. The Kier molecular flexibility index (Phi) is 4.29. The summed E-state index contributed by atoms with van der Waals surface area (Å²) in [7, 11) is 0. The summed E-state index contributed by atoms with van der Waals surface area (Å²) in [6.07, 6.45) is 1.96. The molecule has 2 nitrogen and oxygen atoms in total. The van der Waals surface area contributed by atoms with Gasteiger partial charge in [0, 0.05) is 16.5 Å². The minimum atomic E-state index is 0.842. The van der Waals surface area contributed by atoms with E-state index in [0.717, 1.165) is 39.0 Å². The van der Waals surface area contributed by atoms with Gasteiger partial charge in [0.15, 0.2) is 0 Å². The standard InChI is InChI=1S/C13H12Br2N2/c1-2-3-13-16-11(8-12(15)17-13)9-4-6-10(14)7-5-9/h4-8H,2-3H2,1H3. The summed E-state index contributed by atoms with van der Waals surface area (Å²) >= 11 is 6.86. The van der Waals surface area contributed by atoms with Crippen molar-refractivity contribution in [3.05, 3.63) is 45.2 Å². The Hall–Kier alpha value is -0.740. The molecule has 0 fully saturated rings. The predicted molar refractivity (Wildman–Crippen MR) is 76.9 cm³/mol. The van der Waals surface area contributed by atoms with E-state index < -0.39 is 0 Å². The lowest BCUT2D eigenvalue weighted by molar-refractivity contribution is 0.831. The maximum atomic E-state index is 4.57. The van der Waals surface area contributed by atoms with Gasteiger partial charge in [0.25, 0.3) is 0 Å². The van der Waals surface area contributed by atoms with E-state index in [0.29, 0.717) is 0 Å². The first-order valence-corrected chi connectivity index (χ1v) is 7.07. The van der Waals surface area contributed by atoms with E-state index in [2.05, 4.69) is 60.9 Å². The van der Waals surface area contributed by atoms with Crippen molar-refractivity contribution in [2.45, 2.75) is 19.8 Å². The van der Waals surface area contributed by atoms with Crippen LogP contribution < -0.4 is 0 Å². The quantitative estimate of drug-likeness (QED) is 0.750. The summed E-state index contributed by atoms with van der Waals surface area (Å²) in [4.78, 5) is 8.93. The summed E-state index contributed by atoms with van der Waals surface area (Å²) in [5, 5.41) is 0. The van der Waals surface area contributed by atoms with E-state index in [1.807, 2.05) is 18.2 Å². The lowest BCUT2D eigenvalue weighted by atomic mass is 10.1. The summed E-state index contributed by atoms with van der Waals surface area (Å²) in [6, 6.07) is 10.1. The van der Waals surface area contributed by atoms with Crippen molar-refractivity contribution in [2.75, 3.05) is 0 Å². The average Bonchev–Trinajstić information content (AvgIpc) is 2.29. The highest BCUT2D eigenvalue weighted by Crippen LogP contribution is 2.22. The zero-order chi connectivity index (χ0) is 12.3. The van der Waals surface area contributed by atoms with E-state index in [1.54, 1.807) is 0 Å². The Balaban J connectivity index is 2.40. The van der Waals surface area contributed by atoms with Crippen LogP contribution in [0.3, 0.4) is 0 Å². The van der Waals surface area contributed by atoms with Gasteiger partial charge in [-0.3, -0.25) is 0 Å². The van der Waals surface area contributed by atoms with Crippen LogP contribution in [0.1, 0.15) is 19.2 Å². The van der Waals surface area contributed by atoms with E-state index in [-0.39, 0.29) is 0 Å². The van der Waals surface area contributed by atoms with E-state index in [4.69, 9.17) is 0 Å². The molecule has 2 rings (SSSR count). The van der Waals surface area contributed by atoms with E-state index in [1.165, 1.54) is 0 Å². The number of halogens is 2. The van der Waals surface area contributed by atoms with Gasteiger partial charge in [0.2, 0.25) is 0 Å². The Labute approximate surface area is 118 Å². The molecule has 17 heavy (non-hydrogen) atoms. The molecule has 2 aromatic rings. The molecule has 0 spiro atoms. The summed E-state index contributed by atoms with van der Waals surface area (Å²) < 4.78 is 1.91. The highest BCUT2D eigenvalue weighted by molar-refractivity contribution is 9.10. The molecular formula is C13H12Br2N2. The van der Waals surface area contributed by atoms with Crippen molar-refractivity contribution in [3.63, 3.8) is 0 Å². The van der Waals surface area contributed by atoms with Crippen LogP contribution in [0.25, 0.3) is 11.3 Å². The van der Waals surface area contributed by atoms with Gasteiger partial charge in [-0.25, -0.2) is 9.97 Å². The molecule has 88 valence electrons. The van der Waals surface area contributed by atoms with Crippen LogP contribution in [0, 0.1) is 0 Å². The highest BCUT2D eigenvalue weighted by Gasteiger charge is 2.04. The number of rotatable bonds is 3. The Morgan fingerprint density at radius 2 is 1.76 bits per heavy atom. The Bertz CT molecular complexity index is 509. The fourth-order valence-corrected chi connectivity index (χ4v) is 2.25. The molecule has 1 heterocycles. The van der Waals surface area contributed by atoms with Gasteiger partial charge in [-0.05, 0) is 40.5 Å². The van der Waals surface area contributed by atoms with Crippen molar-refractivity contribution in [2.24, 2.45) is 0 Å². The van der Waals surface area contributed by atoms with Crippen molar-refractivity contribution in [1.82, 2.24) is 9.97 Å². The predicted octanol–water partition coefficient (Wildman–Crippen LogP) is 4.62. The fraction of sp³-hybridized carbons (Fsp3) is 0.231. The summed E-state index contributed by atoms with van der Waals surface area (Å²) in [6.45, 7) is 2.13. The van der Waals surface area contributed by atoms with Crippen LogP contribution in [0.4, 0.5) is 0 Å². The van der Waals surface area contributed by atoms with Gasteiger partial charge < -0.3 is 0 Å². The van der Waals surface area contributed by atoms with Crippen molar-refractivity contribution in [3.8, 4) is 11.3 Å². The van der Waals surface area contributed by atoms with Crippen molar-refractivity contribution in [1.29, 1.82) is 0 Å². The third-order valence-corrected chi connectivity index (χ3v) is 3.29. The molecule has 0 bridgehead atoms. The second-order valence-corrected chi connectivity index (χ2v) is 5.48. The molecule has 4 heteroatoms. The second kappa shape index (κ2) is 5.74. The second-order valence-electron chi connectivity index (χ2n) is 3.75. The maximum absolute atomic E-state index is 4.57. The minimum absolute atomic E-state index is 0.842. The number of hydrogen-bond donors (Lipinski definition) is 0. The molecular weight excluding hydrogens is 344 g/mol. The summed E-state index contributed by atoms with van der Waals surface area (Å²) in [5.41, 5.74) is 2.07. The SMILES string of the molecule is CCCc1nc(Br)cc(-c2ccc(Br)cc2)n1. The van der Waals surface area contributed by atoms with Crippen LogP contribution in [0.15, 0.2) is 39.4 Å². The van der Waals surface area contributed by atoms with Crippen LogP contribution in [-0.2, 0) is 6.42 Å². The number of aromatic nitrogens is 2. The molecule has 1 aromatic heterocycles. The Morgan fingerprint density at radius 3 is 2.41 bits per heavy atom. The van der Waals surface area contributed by atoms with Crippen molar-refractivity contribution >= 4 is 31.9 Å². The van der Waals surface area contributed by atoms with Crippen LogP contribution in [0.2, 0.25) is 0 Å². The molecule has 0 saturated heterocycles. The van der Waals surface area contributed by atoms with Crippen LogP contribution in [0.5, 0.6) is 0 Å².